The van der Waals surface area contributed by atoms with Gasteiger partial charge in [-0.05, 0) is 18.8 Å². The monoisotopic (exact) mass is 169 g/mol. The molecule has 0 N–H and O–H groups in total. The predicted octanol–water partition coefficient (Wildman–Crippen LogP) is 2.98. The highest BCUT2D eigenvalue weighted by Gasteiger charge is 2.19. The van der Waals surface area contributed by atoms with Crippen LogP contribution in [0.1, 0.15) is 44.9 Å². The van der Waals surface area contributed by atoms with E-state index in [2.05, 4.69) is 9.99 Å². The molecule has 1 saturated carbocycles. The fourth-order valence-electron chi connectivity index (χ4n) is 1.38. The smallest absolute Gasteiger partial charge is 0.106 e. The van der Waals surface area contributed by atoms with E-state index in [4.69, 9.17) is 0 Å². The Balaban J connectivity index is 1.72. The van der Waals surface area contributed by atoms with Gasteiger partial charge in [0.05, 0.1) is 0 Å². The van der Waals surface area contributed by atoms with Gasteiger partial charge in [0.25, 0.3) is 0 Å². The highest BCUT2D eigenvalue weighted by Crippen LogP contribution is 2.33. The molecule has 0 heterocycles. The fraction of sp³-hybridized carbons (Fsp3) is 0.900. The summed E-state index contributed by atoms with van der Waals surface area (Å²) in [5.41, 5.74) is 0. The van der Waals surface area contributed by atoms with Crippen LogP contribution in [0, 0.1) is 5.92 Å². The standard InChI is InChI=1S/C10H19NO/c1-12-11-9-5-3-2-4-6-10-7-8-10/h9-10H,2-8H2,1H3. The Bertz CT molecular complexity index is 130. The topological polar surface area (TPSA) is 21.6 Å². The first kappa shape index (κ1) is 9.56. The van der Waals surface area contributed by atoms with Crippen LogP contribution >= 0.6 is 0 Å². The van der Waals surface area contributed by atoms with Crippen LogP contribution in [0.2, 0.25) is 0 Å². The molecule has 1 rings (SSSR count). The molecule has 0 aromatic heterocycles. The lowest BCUT2D eigenvalue weighted by molar-refractivity contribution is 0.214. The summed E-state index contributed by atoms with van der Waals surface area (Å²) in [6.45, 7) is 0. The zero-order valence-electron chi connectivity index (χ0n) is 7.96. The van der Waals surface area contributed by atoms with Crippen molar-refractivity contribution in [2.75, 3.05) is 7.11 Å². The lowest BCUT2D eigenvalue weighted by Crippen LogP contribution is -1.82. The van der Waals surface area contributed by atoms with Crippen molar-refractivity contribution in [3.63, 3.8) is 0 Å². The van der Waals surface area contributed by atoms with E-state index in [9.17, 15) is 0 Å². The quantitative estimate of drug-likeness (QED) is 0.326. The van der Waals surface area contributed by atoms with Gasteiger partial charge in [-0.1, -0.05) is 37.3 Å². The van der Waals surface area contributed by atoms with E-state index in [0.29, 0.717) is 0 Å². The molecule has 0 spiro atoms. The number of nitrogens with zero attached hydrogens (tertiary/aromatic N) is 1. The van der Waals surface area contributed by atoms with Gasteiger partial charge in [-0.2, -0.15) is 0 Å². The molecule has 0 aromatic rings. The van der Waals surface area contributed by atoms with Crippen molar-refractivity contribution in [3.05, 3.63) is 0 Å². The van der Waals surface area contributed by atoms with E-state index in [0.717, 1.165) is 12.3 Å². The van der Waals surface area contributed by atoms with Crippen LogP contribution < -0.4 is 0 Å². The van der Waals surface area contributed by atoms with Crippen molar-refractivity contribution >= 4 is 6.21 Å². The van der Waals surface area contributed by atoms with Crippen LogP contribution in [0.25, 0.3) is 0 Å². The minimum Gasteiger partial charge on any atom is -0.399 e. The maximum Gasteiger partial charge on any atom is 0.106 e. The van der Waals surface area contributed by atoms with Gasteiger partial charge < -0.3 is 4.84 Å². The molecular formula is C10H19NO. The first-order valence-corrected chi connectivity index (χ1v) is 4.98. The second-order valence-electron chi connectivity index (χ2n) is 3.55. The third-order valence-electron chi connectivity index (χ3n) is 2.32. The van der Waals surface area contributed by atoms with Crippen LogP contribution in [0.3, 0.4) is 0 Å². The van der Waals surface area contributed by atoms with Gasteiger partial charge in [0.15, 0.2) is 0 Å². The van der Waals surface area contributed by atoms with Gasteiger partial charge in [-0.25, -0.2) is 0 Å². The van der Waals surface area contributed by atoms with Crippen LogP contribution in [0.4, 0.5) is 0 Å². The number of unbranched alkanes of at least 4 members (excludes halogenated alkanes) is 3. The van der Waals surface area contributed by atoms with Gasteiger partial charge >= 0.3 is 0 Å². The summed E-state index contributed by atoms with van der Waals surface area (Å²) in [5, 5.41) is 3.69. The Morgan fingerprint density at radius 2 is 2.17 bits per heavy atom. The summed E-state index contributed by atoms with van der Waals surface area (Å²) < 4.78 is 0. The van der Waals surface area contributed by atoms with Gasteiger partial charge in [0.2, 0.25) is 0 Å². The van der Waals surface area contributed by atoms with E-state index >= 15 is 0 Å². The van der Waals surface area contributed by atoms with Crippen molar-refractivity contribution in [2.24, 2.45) is 11.1 Å². The maximum atomic E-state index is 4.57. The van der Waals surface area contributed by atoms with Crippen molar-refractivity contribution in [1.82, 2.24) is 0 Å². The van der Waals surface area contributed by atoms with Crippen molar-refractivity contribution in [3.8, 4) is 0 Å². The van der Waals surface area contributed by atoms with Gasteiger partial charge in [0, 0.05) is 6.21 Å². The Labute approximate surface area is 75.0 Å². The van der Waals surface area contributed by atoms with Crippen LogP contribution in [0.15, 0.2) is 5.16 Å². The van der Waals surface area contributed by atoms with Crippen molar-refractivity contribution < 1.29 is 4.84 Å². The molecule has 70 valence electrons. The van der Waals surface area contributed by atoms with Crippen molar-refractivity contribution in [1.29, 1.82) is 0 Å². The first-order valence-electron chi connectivity index (χ1n) is 4.98. The summed E-state index contributed by atoms with van der Waals surface area (Å²) >= 11 is 0. The largest absolute Gasteiger partial charge is 0.399 e. The second-order valence-corrected chi connectivity index (χ2v) is 3.55. The van der Waals surface area contributed by atoms with Crippen LogP contribution in [-0.4, -0.2) is 13.3 Å². The SMILES string of the molecule is CON=CCCCCCC1CC1. The van der Waals surface area contributed by atoms with E-state index < -0.39 is 0 Å². The molecule has 0 aromatic carbocycles. The van der Waals surface area contributed by atoms with Gasteiger partial charge in [-0.3, -0.25) is 0 Å². The molecule has 0 atom stereocenters. The minimum atomic E-state index is 1.07. The molecule has 1 aliphatic carbocycles. The Morgan fingerprint density at radius 3 is 2.83 bits per heavy atom. The number of rotatable bonds is 7. The summed E-state index contributed by atoms with van der Waals surface area (Å²) in [4.78, 5) is 4.57. The molecule has 1 aliphatic rings. The molecule has 2 nitrogen and oxygen atoms in total. The van der Waals surface area contributed by atoms with E-state index in [1.807, 2.05) is 6.21 Å². The molecule has 12 heavy (non-hydrogen) atoms. The normalized spacial score (nSPS) is 17.1. The predicted molar refractivity (Wildman–Crippen MR) is 51.3 cm³/mol. The zero-order valence-corrected chi connectivity index (χ0v) is 7.96. The zero-order chi connectivity index (χ0) is 8.65. The number of hydrogen-bond donors (Lipinski definition) is 0. The molecule has 0 saturated heterocycles. The molecule has 1 fully saturated rings. The van der Waals surface area contributed by atoms with Crippen LogP contribution in [0.5, 0.6) is 0 Å². The molecule has 0 aliphatic heterocycles. The third kappa shape index (κ3) is 5.16. The van der Waals surface area contributed by atoms with Gasteiger partial charge in [0.1, 0.15) is 7.11 Å². The van der Waals surface area contributed by atoms with E-state index in [1.54, 1.807) is 7.11 Å². The van der Waals surface area contributed by atoms with Crippen LogP contribution in [-0.2, 0) is 4.84 Å². The minimum absolute atomic E-state index is 1.07. The molecular weight excluding hydrogens is 150 g/mol. The number of hydrogen-bond acceptors (Lipinski definition) is 2. The lowest BCUT2D eigenvalue weighted by atomic mass is 10.1. The van der Waals surface area contributed by atoms with E-state index in [1.165, 1.54) is 38.5 Å². The summed E-state index contributed by atoms with van der Waals surface area (Å²) in [6, 6.07) is 0. The molecule has 0 unspecified atom stereocenters. The molecule has 2 heteroatoms. The summed E-state index contributed by atoms with van der Waals surface area (Å²) in [6.07, 6.45) is 11.4. The average molecular weight is 169 g/mol. The highest BCUT2D eigenvalue weighted by atomic mass is 16.6. The molecule has 0 amide bonds. The molecule has 0 bridgehead atoms. The maximum absolute atomic E-state index is 4.57. The fourth-order valence-corrected chi connectivity index (χ4v) is 1.38. The lowest BCUT2D eigenvalue weighted by Gasteiger charge is -1.96. The Morgan fingerprint density at radius 1 is 1.33 bits per heavy atom. The third-order valence-corrected chi connectivity index (χ3v) is 2.32. The van der Waals surface area contributed by atoms with E-state index in [-0.39, 0.29) is 0 Å². The van der Waals surface area contributed by atoms with Gasteiger partial charge in [-0.15, -0.1) is 0 Å². The number of oxime groups is 1. The van der Waals surface area contributed by atoms with Crippen molar-refractivity contribution in [2.45, 2.75) is 44.9 Å². The average Bonchev–Trinajstić information content (AvgIpc) is 2.87. The molecule has 0 radical (unpaired) electrons. The summed E-state index contributed by atoms with van der Waals surface area (Å²) in [7, 11) is 1.59. The highest BCUT2D eigenvalue weighted by molar-refractivity contribution is 5.55. The second kappa shape index (κ2) is 6.04. The summed E-state index contributed by atoms with van der Waals surface area (Å²) in [5.74, 6) is 1.10. The first-order chi connectivity index (χ1) is 5.93. The Hall–Kier alpha value is -0.530. The Kier molecular flexibility index (Phi) is 4.81.